The van der Waals surface area contributed by atoms with E-state index in [-0.39, 0.29) is 18.1 Å². The van der Waals surface area contributed by atoms with E-state index in [9.17, 15) is 9.90 Å². The molecule has 1 aliphatic heterocycles. The monoisotopic (exact) mass is 282 g/mol. The first-order valence-electron chi connectivity index (χ1n) is 7.11. The van der Waals surface area contributed by atoms with E-state index in [0.29, 0.717) is 13.1 Å². The zero-order chi connectivity index (χ0) is 15.0. The summed E-state index contributed by atoms with van der Waals surface area (Å²) in [5.74, 6) is -0.0441. The van der Waals surface area contributed by atoms with Crippen molar-refractivity contribution in [2.45, 2.75) is 38.9 Å². The molecule has 0 radical (unpaired) electrons. The maximum Gasteiger partial charge on any atom is 0.315 e. The van der Waals surface area contributed by atoms with Gasteiger partial charge < -0.3 is 20.5 Å². The summed E-state index contributed by atoms with van der Waals surface area (Å²) in [5.41, 5.74) is 1.02. The topological polar surface area (TPSA) is 70.6 Å². The van der Waals surface area contributed by atoms with E-state index in [1.807, 2.05) is 32.1 Å². The van der Waals surface area contributed by atoms with Crippen LogP contribution in [0, 0.1) is 5.92 Å². The minimum absolute atomic E-state index is 0.0441. The van der Waals surface area contributed by atoms with Crippen LogP contribution in [-0.4, -0.2) is 43.5 Å². The van der Waals surface area contributed by atoms with Crippen molar-refractivity contribution in [3.63, 3.8) is 0 Å². The lowest BCUT2D eigenvalue weighted by molar-refractivity contribution is -0.00185. The highest BCUT2D eigenvalue weighted by Gasteiger charge is 2.21. The number of ether oxygens (including phenoxy) is 1. The number of hydrogen-bond acceptors (Lipinski definition) is 3. The van der Waals surface area contributed by atoms with Crippen LogP contribution in [0.15, 0.2) is 23.8 Å². The molecule has 1 heterocycles. The lowest BCUT2D eigenvalue weighted by Gasteiger charge is -2.23. The number of methoxy groups -OCH3 is 1. The fourth-order valence-corrected chi connectivity index (χ4v) is 2.17. The number of rotatable bonds is 1. The van der Waals surface area contributed by atoms with Crippen LogP contribution in [0.5, 0.6) is 0 Å². The highest BCUT2D eigenvalue weighted by Crippen LogP contribution is 2.15. The highest BCUT2D eigenvalue weighted by atomic mass is 16.5. The molecule has 5 heteroatoms. The Morgan fingerprint density at radius 2 is 2.15 bits per heavy atom. The molecule has 1 aliphatic rings. The maximum atomic E-state index is 11.5. The molecule has 3 unspecified atom stereocenters. The van der Waals surface area contributed by atoms with E-state index in [1.165, 1.54) is 0 Å². The molecule has 0 spiro atoms. The van der Waals surface area contributed by atoms with Gasteiger partial charge in [0.25, 0.3) is 0 Å². The van der Waals surface area contributed by atoms with Crippen molar-refractivity contribution in [3.8, 4) is 0 Å². The third-order valence-corrected chi connectivity index (χ3v) is 3.38. The largest absolute Gasteiger partial charge is 0.389 e. The van der Waals surface area contributed by atoms with Crippen molar-refractivity contribution in [1.82, 2.24) is 10.6 Å². The molecule has 20 heavy (non-hydrogen) atoms. The minimum atomic E-state index is -0.594. The summed E-state index contributed by atoms with van der Waals surface area (Å²) in [4.78, 5) is 11.5. The fourth-order valence-electron chi connectivity index (χ4n) is 2.17. The van der Waals surface area contributed by atoms with E-state index in [4.69, 9.17) is 4.74 Å². The summed E-state index contributed by atoms with van der Waals surface area (Å²) >= 11 is 0. The normalized spacial score (nSPS) is 31.5. The molecular formula is C15H26N2O3. The van der Waals surface area contributed by atoms with Crippen LogP contribution in [0.1, 0.15) is 26.7 Å². The smallest absolute Gasteiger partial charge is 0.315 e. The molecule has 0 bridgehead atoms. The van der Waals surface area contributed by atoms with Gasteiger partial charge in [0.1, 0.15) is 6.10 Å². The number of hydrogen-bond donors (Lipinski definition) is 3. The number of amides is 2. The molecular weight excluding hydrogens is 256 g/mol. The predicted molar refractivity (Wildman–Crippen MR) is 79.5 cm³/mol. The van der Waals surface area contributed by atoms with Gasteiger partial charge >= 0.3 is 6.03 Å². The van der Waals surface area contributed by atoms with Crippen LogP contribution in [0.3, 0.4) is 0 Å². The van der Waals surface area contributed by atoms with Gasteiger partial charge in [-0.15, -0.1) is 0 Å². The molecule has 0 saturated carbocycles. The molecule has 1 rings (SSSR count). The summed E-state index contributed by atoms with van der Waals surface area (Å²) in [6.45, 7) is 5.00. The van der Waals surface area contributed by atoms with Crippen LogP contribution in [0.2, 0.25) is 0 Å². The number of aliphatic hydroxyl groups is 1. The standard InChI is InChI=1S/C15H26N2O3/c1-11-9-12(2)14(18)13(20-3)7-5-4-6-8-16-15(19)17-10-11/h5,7,9,12-14,18H,4,6,8,10H2,1-3H3,(H2,16,17,19)/b7-5+,11-9?. The lowest BCUT2D eigenvalue weighted by atomic mass is 9.96. The number of nitrogens with one attached hydrogen (secondary N) is 2. The summed E-state index contributed by atoms with van der Waals surface area (Å²) in [6, 6.07) is -0.151. The van der Waals surface area contributed by atoms with Gasteiger partial charge in [-0.2, -0.15) is 0 Å². The molecule has 3 N–H and O–H groups in total. The van der Waals surface area contributed by atoms with Gasteiger partial charge in [0, 0.05) is 26.1 Å². The molecule has 114 valence electrons. The Balaban J connectivity index is 2.78. The maximum absolute atomic E-state index is 11.5. The van der Waals surface area contributed by atoms with E-state index in [2.05, 4.69) is 10.6 Å². The van der Waals surface area contributed by atoms with Gasteiger partial charge in [0.05, 0.1) is 6.10 Å². The number of allylic oxidation sites excluding steroid dienone is 1. The summed E-state index contributed by atoms with van der Waals surface area (Å²) in [6.07, 6.45) is 6.66. The Kier molecular flexibility index (Phi) is 7.33. The summed E-state index contributed by atoms with van der Waals surface area (Å²) in [5, 5.41) is 15.9. The highest BCUT2D eigenvalue weighted by molar-refractivity contribution is 5.74. The Hall–Kier alpha value is -1.33. The fraction of sp³-hybridized carbons (Fsp3) is 0.667. The van der Waals surface area contributed by atoms with Gasteiger partial charge in [-0.05, 0) is 19.8 Å². The average Bonchev–Trinajstić information content (AvgIpc) is 2.43. The quantitative estimate of drug-likeness (QED) is 0.640. The van der Waals surface area contributed by atoms with Gasteiger partial charge in [0.2, 0.25) is 0 Å². The van der Waals surface area contributed by atoms with Crippen LogP contribution in [0.25, 0.3) is 0 Å². The second kappa shape index (κ2) is 8.76. The first-order valence-corrected chi connectivity index (χ1v) is 7.11. The van der Waals surface area contributed by atoms with Crippen molar-refractivity contribution < 1.29 is 14.6 Å². The Morgan fingerprint density at radius 3 is 2.85 bits per heavy atom. The third-order valence-electron chi connectivity index (χ3n) is 3.38. The van der Waals surface area contributed by atoms with Gasteiger partial charge in [-0.25, -0.2) is 4.79 Å². The second-order valence-corrected chi connectivity index (χ2v) is 5.24. The van der Waals surface area contributed by atoms with Crippen molar-refractivity contribution in [1.29, 1.82) is 0 Å². The van der Waals surface area contributed by atoms with Crippen LogP contribution < -0.4 is 10.6 Å². The predicted octanol–water partition coefficient (Wildman–Crippen LogP) is 1.59. The molecule has 0 fully saturated rings. The van der Waals surface area contributed by atoms with E-state index < -0.39 is 6.10 Å². The Labute approximate surface area is 121 Å². The molecule has 0 aliphatic carbocycles. The Morgan fingerprint density at radius 1 is 1.40 bits per heavy atom. The minimum Gasteiger partial charge on any atom is -0.389 e. The first-order chi connectivity index (χ1) is 9.54. The summed E-state index contributed by atoms with van der Waals surface area (Å²) in [7, 11) is 1.60. The number of aliphatic hydroxyl groups excluding tert-OH is 1. The second-order valence-electron chi connectivity index (χ2n) is 5.24. The molecule has 0 aromatic heterocycles. The molecule has 5 nitrogen and oxygen atoms in total. The van der Waals surface area contributed by atoms with Gasteiger partial charge in [-0.1, -0.05) is 30.7 Å². The lowest BCUT2D eigenvalue weighted by Crippen LogP contribution is -2.37. The zero-order valence-electron chi connectivity index (χ0n) is 12.6. The average molecular weight is 282 g/mol. The van der Waals surface area contributed by atoms with Crippen LogP contribution >= 0.6 is 0 Å². The van der Waals surface area contributed by atoms with Gasteiger partial charge in [0.15, 0.2) is 0 Å². The zero-order valence-corrected chi connectivity index (χ0v) is 12.6. The number of carbonyl (C=O) groups excluding carboxylic acids is 1. The summed E-state index contributed by atoms with van der Waals surface area (Å²) < 4.78 is 5.33. The first kappa shape index (κ1) is 16.7. The van der Waals surface area contributed by atoms with Crippen molar-refractivity contribution in [2.75, 3.05) is 20.2 Å². The molecule has 0 aromatic carbocycles. The molecule has 2 amide bonds. The Bertz CT molecular complexity index is 366. The van der Waals surface area contributed by atoms with Crippen molar-refractivity contribution in [3.05, 3.63) is 23.8 Å². The van der Waals surface area contributed by atoms with Crippen molar-refractivity contribution >= 4 is 6.03 Å². The van der Waals surface area contributed by atoms with Gasteiger partial charge in [-0.3, -0.25) is 0 Å². The van der Waals surface area contributed by atoms with E-state index >= 15 is 0 Å². The SMILES string of the molecule is COC1/C=C/CCCNC(=O)NCC(C)=CC(C)C1O. The van der Waals surface area contributed by atoms with E-state index in [0.717, 1.165) is 18.4 Å². The number of carbonyl (C=O) groups is 1. The number of urea groups is 1. The van der Waals surface area contributed by atoms with Crippen LogP contribution in [0.4, 0.5) is 4.79 Å². The molecule has 0 aromatic rings. The molecule has 0 saturated heterocycles. The third kappa shape index (κ3) is 5.75. The van der Waals surface area contributed by atoms with Crippen molar-refractivity contribution in [2.24, 2.45) is 5.92 Å². The van der Waals surface area contributed by atoms with Crippen LogP contribution in [-0.2, 0) is 4.74 Å². The van der Waals surface area contributed by atoms with E-state index in [1.54, 1.807) is 7.11 Å². The molecule has 3 atom stereocenters.